The molecule has 1 unspecified atom stereocenters. The smallest absolute Gasteiger partial charge is 0.168 e. The number of thioether (sulfide) groups is 1. The Bertz CT molecular complexity index is 1260. The zero-order chi connectivity index (χ0) is 22.1. The van der Waals surface area contributed by atoms with Gasteiger partial charge in [0.15, 0.2) is 17.2 Å². The summed E-state index contributed by atoms with van der Waals surface area (Å²) < 4.78 is 35.6. The molecule has 0 radical (unpaired) electrons. The molecule has 0 fully saturated rings. The number of benzene rings is 2. The highest BCUT2D eigenvalue weighted by Gasteiger charge is 2.18. The van der Waals surface area contributed by atoms with E-state index in [1.165, 1.54) is 12.1 Å². The van der Waals surface area contributed by atoms with Crippen LogP contribution >= 0.6 is 42.1 Å². The average Bonchev–Trinajstić information content (AvgIpc) is 3.17. The van der Waals surface area contributed by atoms with Crippen molar-refractivity contribution < 1.29 is 13.5 Å². The topological polar surface area (TPSA) is 27.1 Å². The van der Waals surface area contributed by atoms with Gasteiger partial charge in [-0.2, -0.15) is 11.8 Å². The first kappa shape index (κ1) is 22.4. The van der Waals surface area contributed by atoms with Crippen molar-refractivity contribution in [1.82, 2.24) is 8.96 Å². The first-order valence-electron chi connectivity index (χ1n) is 9.49. The van der Waals surface area contributed by atoms with Crippen molar-refractivity contribution in [3.8, 4) is 22.6 Å². The molecule has 0 amide bonds. The standard InChI is InChI=1S/C23H19F2IN2OS2/c1-13-10-18(17-8-9-28(31-26)23(17)27-13)19-11-15(14(2)30-3)4-6-21(19)29-22-7-5-16(24)12-20(22)25/h4-12,14H,1-3H3. The number of pyridine rings is 1. The summed E-state index contributed by atoms with van der Waals surface area (Å²) in [6.07, 6.45) is 4.04. The maximum Gasteiger partial charge on any atom is 0.168 e. The van der Waals surface area contributed by atoms with Crippen molar-refractivity contribution in [1.29, 1.82) is 0 Å². The lowest BCUT2D eigenvalue weighted by atomic mass is 9.98. The molecule has 0 saturated carbocycles. The molecule has 31 heavy (non-hydrogen) atoms. The van der Waals surface area contributed by atoms with Crippen LogP contribution < -0.4 is 4.74 Å². The number of rotatable bonds is 6. The van der Waals surface area contributed by atoms with Crippen LogP contribution in [0.15, 0.2) is 54.7 Å². The number of hydrogen-bond donors (Lipinski definition) is 0. The van der Waals surface area contributed by atoms with E-state index >= 15 is 0 Å². The highest BCUT2D eigenvalue weighted by Crippen LogP contribution is 2.41. The third-order valence-corrected chi connectivity index (χ3v) is 7.75. The van der Waals surface area contributed by atoms with Gasteiger partial charge in [0.1, 0.15) is 11.6 Å². The number of ether oxygens (including phenoxy) is 1. The van der Waals surface area contributed by atoms with E-state index in [-0.39, 0.29) is 11.0 Å². The Morgan fingerprint density at radius 1 is 1.03 bits per heavy atom. The van der Waals surface area contributed by atoms with Gasteiger partial charge < -0.3 is 4.74 Å². The average molecular weight is 568 g/mol. The Hall–Kier alpha value is -1.78. The van der Waals surface area contributed by atoms with Crippen LogP contribution in [0.25, 0.3) is 22.2 Å². The fourth-order valence-corrected chi connectivity index (χ4v) is 5.09. The normalized spacial score (nSPS) is 12.3. The van der Waals surface area contributed by atoms with E-state index in [1.807, 2.05) is 41.4 Å². The molecule has 2 heterocycles. The van der Waals surface area contributed by atoms with E-state index in [0.717, 1.165) is 39.5 Å². The number of aromatic nitrogens is 2. The highest BCUT2D eigenvalue weighted by atomic mass is 127. The van der Waals surface area contributed by atoms with Crippen molar-refractivity contribution in [2.24, 2.45) is 0 Å². The predicted octanol–water partition coefficient (Wildman–Crippen LogP) is 8.35. The van der Waals surface area contributed by atoms with Gasteiger partial charge in [-0.05, 0) is 67.6 Å². The monoisotopic (exact) mass is 568 g/mol. The predicted molar refractivity (Wildman–Crippen MR) is 135 cm³/mol. The summed E-state index contributed by atoms with van der Waals surface area (Å²) in [5, 5.41) is 1.26. The summed E-state index contributed by atoms with van der Waals surface area (Å²) in [5.74, 6) is -0.894. The minimum absolute atomic E-state index is 0.0178. The Morgan fingerprint density at radius 2 is 1.81 bits per heavy atom. The Kier molecular flexibility index (Phi) is 6.78. The molecule has 0 bridgehead atoms. The lowest BCUT2D eigenvalue weighted by Gasteiger charge is -2.17. The minimum Gasteiger partial charge on any atom is -0.454 e. The number of halogens is 3. The Morgan fingerprint density at radius 3 is 2.52 bits per heavy atom. The van der Waals surface area contributed by atoms with E-state index in [1.54, 1.807) is 20.9 Å². The molecule has 0 saturated heterocycles. The third kappa shape index (κ3) is 4.56. The molecule has 2 aromatic carbocycles. The summed E-state index contributed by atoms with van der Waals surface area (Å²) >= 11 is 3.97. The molecule has 4 aromatic rings. The second kappa shape index (κ2) is 9.38. The number of aryl methyl sites for hydroxylation is 1. The molecule has 160 valence electrons. The van der Waals surface area contributed by atoms with Crippen molar-refractivity contribution in [3.05, 3.63) is 77.6 Å². The maximum absolute atomic E-state index is 14.3. The fraction of sp³-hybridized carbons (Fsp3) is 0.174. The van der Waals surface area contributed by atoms with Gasteiger partial charge in [0.25, 0.3) is 0 Å². The molecule has 0 N–H and O–H groups in total. The molecule has 0 aliphatic carbocycles. The van der Waals surface area contributed by atoms with Crippen molar-refractivity contribution in [2.75, 3.05) is 6.26 Å². The van der Waals surface area contributed by atoms with E-state index in [2.05, 4.69) is 40.5 Å². The van der Waals surface area contributed by atoms with E-state index in [0.29, 0.717) is 5.75 Å². The molecule has 0 spiro atoms. The second-order valence-electron chi connectivity index (χ2n) is 7.07. The minimum atomic E-state index is -0.740. The lowest BCUT2D eigenvalue weighted by molar-refractivity contribution is 0.439. The van der Waals surface area contributed by atoms with Crippen molar-refractivity contribution in [2.45, 2.75) is 19.1 Å². The molecule has 3 nitrogen and oxygen atoms in total. The summed E-state index contributed by atoms with van der Waals surface area (Å²) in [6, 6.07) is 13.3. The van der Waals surface area contributed by atoms with Gasteiger partial charge in [-0.25, -0.2) is 13.8 Å². The van der Waals surface area contributed by atoms with Gasteiger partial charge >= 0.3 is 0 Å². The molecule has 1 atom stereocenters. The van der Waals surface area contributed by atoms with Gasteiger partial charge in [0.2, 0.25) is 0 Å². The number of hydrogen-bond acceptors (Lipinski definition) is 4. The summed E-state index contributed by atoms with van der Waals surface area (Å²) in [7, 11) is 1.54. The quantitative estimate of drug-likeness (QED) is 0.219. The summed E-state index contributed by atoms with van der Waals surface area (Å²) in [4.78, 5) is 4.69. The van der Waals surface area contributed by atoms with Crippen LogP contribution in [-0.4, -0.2) is 15.2 Å². The Balaban J connectivity index is 1.93. The Labute approximate surface area is 200 Å². The van der Waals surface area contributed by atoms with Crippen LogP contribution in [0.3, 0.4) is 0 Å². The number of fused-ring (bicyclic) bond motifs is 1. The highest BCUT2D eigenvalue weighted by molar-refractivity contribution is 14.2. The van der Waals surface area contributed by atoms with Gasteiger partial charge in [-0.15, -0.1) is 0 Å². The van der Waals surface area contributed by atoms with Crippen LogP contribution in [0.1, 0.15) is 23.4 Å². The lowest BCUT2D eigenvalue weighted by Crippen LogP contribution is -1.96. The SMILES string of the molecule is CSC(C)c1ccc(Oc2ccc(F)cc2F)c(-c2cc(C)nc3c2ccn3SI)c1. The summed E-state index contributed by atoms with van der Waals surface area (Å²) in [5.41, 5.74) is 4.67. The van der Waals surface area contributed by atoms with Crippen molar-refractivity contribution >= 4 is 53.1 Å². The molecule has 4 rings (SSSR count). The molecular formula is C23H19F2IN2OS2. The molecule has 0 aliphatic rings. The second-order valence-corrected chi connectivity index (χ2v) is 9.96. The van der Waals surface area contributed by atoms with E-state index in [9.17, 15) is 8.78 Å². The zero-order valence-corrected chi connectivity index (χ0v) is 20.8. The largest absolute Gasteiger partial charge is 0.454 e. The van der Waals surface area contributed by atoms with Crippen LogP contribution in [0.2, 0.25) is 0 Å². The molecule has 8 heteroatoms. The van der Waals surface area contributed by atoms with Gasteiger partial charge in [-0.1, -0.05) is 6.07 Å². The summed E-state index contributed by atoms with van der Waals surface area (Å²) in [6.45, 7) is 4.09. The molecule has 2 aromatic heterocycles. The maximum atomic E-state index is 14.3. The van der Waals surface area contributed by atoms with Crippen LogP contribution in [-0.2, 0) is 0 Å². The number of nitrogens with zero attached hydrogens (tertiary/aromatic N) is 2. The van der Waals surface area contributed by atoms with Crippen molar-refractivity contribution in [3.63, 3.8) is 0 Å². The van der Waals surface area contributed by atoms with Gasteiger partial charge in [0, 0.05) is 64.5 Å². The van der Waals surface area contributed by atoms with Gasteiger partial charge in [0.05, 0.1) is 0 Å². The van der Waals surface area contributed by atoms with E-state index in [4.69, 9.17) is 9.72 Å². The van der Waals surface area contributed by atoms with Crippen LogP contribution in [0.4, 0.5) is 8.78 Å². The first-order chi connectivity index (χ1) is 14.9. The molecular weight excluding hydrogens is 549 g/mol. The van der Waals surface area contributed by atoms with Crippen LogP contribution in [0, 0.1) is 18.6 Å². The first-order valence-corrected chi connectivity index (χ1v) is 14.1. The van der Waals surface area contributed by atoms with E-state index < -0.39 is 11.6 Å². The third-order valence-electron chi connectivity index (χ3n) is 5.06. The molecule has 0 aliphatic heterocycles. The zero-order valence-electron chi connectivity index (χ0n) is 17.0. The van der Waals surface area contributed by atoms with Gasteiger partial charge in [-0.3, -0.25) is 3.97 Å². The fourth-order valence-electron chi connectivity index (χ4n) is 3.40. The van der Waals surface area contributed by atoms with Crippen LogP contribution in [0.5, 0.6) is 11.5 Å².